The van der Waals surface area contributed by atoms with Crippen molar-refractivity contribution in [2.24, 2.45) is 0 Å². The number of hydrogen-bond acceptors (Lipinski definition) is 6. The van der Waals surface area contributed by atoms with Crippen LogP contribution in [-0.4, -0.2) is 22.2 Å². The maximum Gasteiger partial charge on any atom is 0.293 e. The highest BCUT2D eigenvalue weighted by Crippen LogP contribution is 2.28. The number of aromatic nitrogens is 2. The first kappa shape index (κ1) is 20.2. The van der Waals surface area contributed by atoms with Crippen molar-refractivity contribution in [3.63, 3.8) is 0 Å². The normalized spacial score (nSPS) is 11.3. The Morgan fingerprint density at radius 1 is 1.17 bits per heavy atom. The van der Waals surface area contributed by atoms with Crippen LogP contribution in [0.1, 0.15) is 40.5 Å². The predicted octanol–water partition coefficient (Wildman–Crippen LogP) is 5.19. The van der Waals surface area contributed by atoms with Crippen molar-refractivity contribution >= 4 is 33.3 Å². The van der Waals surface area contributed by atoms with Gasteiger partial charge in [-0.25, -0.2) is 4.39 Å². The third kappa shape index (κ3) is 4.55. The van der Waals surface area contributed by atoms with E-state index in [2.05, 4.69) is 15.5 Å². The number of amides is 1. The molecule has 0 aliphatic heterocycles. The van der Waals surface area contributed by atoms with Gasteiger partial charge in [-0.15, -0.1) is 10.2 Å². The van der Waals surface area contributed by atoms with Crippen molar-refractivity contribution in [3.8, 4) is 0 Å². The predicted molar refractivity (Wildman–Crippen MR) is 113 cm³/mol. The molecule has 0 fully saturated rings. The van der Waals surface area contributed by atoms with E-state index in [0.717, 1.165) is 10.9 Å². The highest BCUT2D eigenvalue weighted by molar-refractivity contribution is 7.15. The highest BCUT2D eigenvalue weighted by atomic mass is 32.1. The zero-order valence-electron chi connectivity index (χ0n) is 16.5. The lowest BCUT2D eigenvalue weighted by Crippen LogP contribution is -2.14. The molecule has 0 atom stereocenters. The molecule has 2 heterocycles. The Morgan fingerprint density at radius 3 is 2.70 bits per heavy atom. The number of halogens is 1. The van der Waals surface area contributed by atoms with Gasteiger partial charge in [-0.2, -0.15) is 0 Å². The molecule has 0 saturated heterocycles. The number of ether oxygens (including phenoxy) is 1. The summed E-state index contributed by atoms with van der Waals surface area (Å²) in [4.78, 5) is 12.9. The maximum absolute atomic E-state index is 13.1. The average Bonchev–Trinajstić information content (AvgIpc) is 3.32. The van der Waals surface area contributed by atoms with E-state index in [1.807, 2.05) is 38.1 Å². The summed E-state index contributed by atoms with van der Waals surface area (Å²) in [6.07, 6.45) is 0.526. The summed E-state index contributed by atoms with van der Waals surface area (Å²) in [6, 6.07) is 13.7. The number of hydrogen-bond donors (Lipinski definition) is 1. The van der Waals surface area contributed by atoms with Gasteiger partial charge in [-0.3, -0.25) is 10.1 Å². The van der Waals surface area contributed by atoms with Crippen molar-refractivity contribution in [1.82, 2.24) is 10.2 Å². The van der Waals surface area contributed by atoms with Crippen molar-refractivity contribution in [3.05, 3.63) is 76.2 Å². The number of anilines is 1. The fourth-order valence-electron chi connectivity index (χ4n) is 2.98. The quantitative estimate of drug-likeness (QED) is 0.441. The average molecular weight is 425 g/mol. The van der Waals surface area contributed by atoms with Crippen LogP contribution in [0.4, 0.5) is 9.52 Å². The smallest absolute Gasteiger partial charge is 0.293 e. The zero-order chi connectivity index (χ0) is 21.1. The topological polar surface area (TPSA) is 77.2 Å². The van der Waals surface area contributed by atoms with E-state index in [1.54, 1.807) is 12.1 Å². The second-order valence-electron chi connectivity index (χ2n) is 7.02. The molecule has 30 heavy (non-hydrogen) atoms. The van der Waals surface area contributed by atoms with Crippen molar-refractivity contribution in [2.75, 3.05) is 5.32 Å². The largest absolute Gasteiger partial charge is 0.451 e. The number of para-hydroxylation sites is 1. The molecule has 0 saturated carbocycles. The molecular formula is C22H20FN3O3S. The number of benzene rings is 2. The molecule has 0 spiro atoms. The van der Waals surface area contributed by atoms with Crippen LogP contribution in [0, 0.1) is 5.82 Å². The summed E-state index contributed by atoms with van der Waals surface area (Å²) in [5, 5.41) is 12.8. The molecule has 1 N–H and O–H groups in total. The molecule has 2 aromatic heterocycles. The van der Waals surface area contributed by atoms with E-state index in [-0.39, 0.29) is 24.3 Å². The Morgan fingerprint density at radius 2 is 1.93 bits per heavy atom. The molecule has 1 amide bonds. The number of carbonyl (C=O) groups is 1. The molecule has 0 unspecified atom stereocenters. The third-order valence-corrected chi connectivity index (χ3v) is 5.26. The van der Waals surface area contributed by atoms with E-state index in [0.29, 0.717) is 27.7 Å². The Bertz CT molecular complexity index is 1170. The second-order valence-corrected chi connectivity index (χ2v) is 8.09. The van der Waals surface area contributed by atoms with Gasteiger partial charge in [0.2, 0.25) is 5.13 Å². The molecule has 4 aromatic rings. The Kier molecular flexibility index (Phi) is 5.87. The number of fused-ring (bicyclic) bond motifs is 1. The third-order valence-electron chi connectivity index (χ3n) is 4.42. The monoisotopic (exact) mass is 425 g/mol. The van der Waals surface area contributed by atoms with Crippen LogP contribution < -0.4 is 5.32 Å². The first-order valence-electron chi connectivity index (χ1n) is 9.50. The van der Waals surface area contributed by atoms with Crippen LogP contribution in [0.3, 0.4) is 0 Å². The summed E-state index contributed by atoms with van der Waals surface area (Å²) < 4.78 is 24.6. The van der Waals surface area contributed by atoms with Crippen molar-refractivity contribution in [1.29, 1.82) is 0 Å². The van der Waals surface area contributed by atoms with Gasteiger partial charge in [0.1, 0.15) is 16.4 Å². The zero-order valence-corrected chi connectivity index (χ0v) is 17.3. The highest BCUT2D eigenvalue weighted by Gasteiger charge is 2.22. The molecular weight excluding hydrogens is 405 g/mol. The molecule has 6 nitrogen and oxygen atoms in total. The number of rotatable bonds is 7. The fourth-order valence-corrected chi connectivity index (χ4v) is 3.75. The Labute approximate surface area is 176 Å². The van der Waals surface area contributed by atoms with E-state index in [9.17, 15) is 9.18 Å². The van der Waals surface area contributed by atoms with Gasteiger partial charge in [0.25, 0.3) is 5.91 Å². The molecule has 0 aliphatic rings. The summed E-state index contributed by atoms with van der Waals surface area (Å²) in [7, 11) is 0. The maximum atomic E-state index is 13.1. The minimum Gasteiger partial charge on any atom is -0.451 e. The summed E-state index contributed by atoms with van der Waals surface area (Å²) >= 11 is 1.27. The molecule has 154 valence electrons. The summed E-state index contributed by atoms with van der Waals surface area (Å²) in [6.45, 7) is 4.14. The molecule has 2 aromatic carbocycles. The molecule has 4 rings (SSSR count). The van der Waals surface area contributed by atoms with E-state index in [1.165, 1.54) is 23.5 Å². The van der Waals surface area contributed by atoms with Gasteiger partial charge in [0.05, 0.1) is 12.7 Å². The number of carbonyl (C=O) groups excluding carboxylic acids is 1. The number of nitrogens with one attached hydrogen (secondary N) is 1. The van der Waals surface area contributed by atoms with Gasteiger partial charge in [-0.05, 0) is 37.6 Å². The van der Waals surface area contributed by atoms with Crippen LogP contribution >= 0.6 is 11.3 Å². The molecule has 0 radical (unpaired) electrons. The van der Waals surface area contributed by atoms with Crippen LogP contribution in [0.15, 0.2) is 52.9 Å². The second kappa shape index (κ2) is 8.73. The summed E-state index contributed by atoms with van der Waals surface area (Å²) in [5.74, 6) is -0.489. The van der Waals surface area contributed by atoms with Gasteiger partial charge < -0.3 is 9.15 Å². The van der Waals surface area contributed by atoms with Gasteiger partial charge in [0, 0.05) is 17.4 Å². The number of nitrogens with zero attached hydrogens (tertiary/aromatic N) is 2. The van der Waals surface area contributed by atoms with Crippen LogP contribution in [0.25, 0.3) is 11.0 Å². The molecule has 0 bridgehead atoms. The van der Waals surface area contributed by atoms with Gasteiger partial charge >= 0.3 is 0 Å². The lowest BCUT2D eigenvalue weighted by Gasteiger charge is -2.07. The molecule has 0 aliphatic carbocycles. The van der Waals surface area contributed by atoms with Gasteiger partial charge in [0.15, 0.2) is 5.76 Å². The Hall–Kier alpha value is -3.10. The SMILES string of the molecule is CC(C)OCc1c(C(=O)Nc2nnc(Cc3ccc(F)cc3)s2)oc2ccccc12. The van der Waals surface area contributed by atoms with Gasteiger partial charge in [-0.1, -0.05) is 41.7 Å². The van der Waals surface area contributed by atoms with Crippen molar-refractivity contribution in [2.45, 2.75) is 33.0 Å². The van der Waals surface area contributed by atoms with E-state index in [4.69, 9.17) is 9.15 Å². The van der Waals surface area contributed by atoms with Crippen LogP contribution in [0.2, 0.25) is 0 Å². The minimum absolute atomic E-state index is 0.0201. The minimum atomic E-state index is -0.405. The summed E-state index contributed by atoms with van der Waals surface area (Å²) in [5.41, 5.74) is 2.24. The fraction of sp³-hybridized carbons (Fsp3) is 0.227. The lowest BCUT2D eigenvalue weighted by molar-refractivity contribution is 0.0648. The first-order valence-corrected chi connectivity index (χ1v) is 10.3. The number of furan rings is 1. The lowest BCUT2D eigenvalue weighted by atomic mass is 10.1. The standard InChI is InChI=1S/C22H20FN3O3S/c1-13(2)28-12-17-16-5-3-4-6-18(16)29-20(17)21(27)24-22-26-25-19(30-22)11-14-7-9-15(23)10-8-14/h3-10,13H,11-12H2,1-2H3,(H,24,26,27). The first-order chi connectivity index (χ1) is 14.5. The van der Waals surface area contributed by atoms with E-state index < -0.39 is 5.91 Å². The van der Waals surface area contributed by atoms with Crippen molar-refractivity contribution < 1.29 is 18.3 Å². The Balaban J connectivity index is 1.52. The molecule has 8 heteroatoms. The van der Waals surface area contributed by atoms with E-state index >= 15 is 0 Å². The van der Waals surface area contributed by atoms with Crippen LogP contribution in [0.5, 0.6) is 0 Å². The van der Waals surface area contributed by atoms with Crippen LogP contribution in [-0.2, 0) is 17.8 Å².